The van der Waals surface area contributed by atoms with E-state index >= 15 is 0 Å². The first-order valence-corrected chi connectivity index (χ1v) is 21.4. The van der Waals surface area contributed by atoms with Crippen molar-refractivity contribution in [2.45, 2.75) is 57.2 Å². The number of benzene rings is 3. The second kappa shape index (κ2) is 16.8. The zero-order chi connectivity index (χ0) is 43.0. The quantitative estimate of drug-likeness (QED) is 0.140. The van der Waals surface area contributed by atoms with Gasteiger partial charge in [0, 0.05) is 56.8 Å². The minimum Gasteiger partial charge on any atom is -0.457 e. The number of likely N-dealkylation sites (tertiary alicyclic amines) is 1. The highest BCUT2D eigenvalue weighted by molar-refractivity contribution is 6.25. The van der Waals surface area contributed by atoms with Gasteiger partial charge in [-0.25, -0.2) is 19.6 Å². The average Bonchev–Trinajstić information content (AvgIpc) is 3.82. The number of nitrogens with one attached hydrogen (secondary N) is 1. The van der Waals surface area contributed by atoms with Gasteiger partial charge in [0.15, 0.2) is 5.65 Å². The van der Waals surface area contributed by atoms with Gasteiger partial charge in [0.2, 0.25) is 11.8 Å². The van der Waals surface area contributed by atoms with Crippen LogP contribution in [0.4, 0.5) is 11.5 Å². The number of ether oxygens (including phenoxy) is 1. The number of para-hydroxylation sites is 1. The van der Waals surface area contributed by atoms with Gasteiger partial charge >= 0.3 is 0 Å². The standard InChI is InChI=1S/C48H44N10O5/c49-44-42-43(32-11-15-36(16-12-32)63-35-5-2-1-3-6-35)54-58(45(42)52-29-51-44)34-21-23-55(24-22-34)28-31-10-14-33(50-27-31)13-9-30-19-25-56(26-20-30)38-8-4-7-37-41(38)48(62)57(47(37)61)39-17-18-40(59)53-46(39)60/h1-8,10-12,14-16,27,29-30,34,39H,17-26,28H2,(H2,49,51,52)(H,53,59,60). The van der Waals surface area contributed by atoms with Crippen molar-refractivity contribution in [2.75, 3.05) is 36.8 Å². The van der Waals surface area contributed by atoms with Crippen molar-refractivity contribution in [3.8, 4) is 34.6 Å². The number of imide groups is 2. The summed E-state index contributed by atoms with van der Waals surface area (Å²) in [6.45, 7) is 3.89. The maximum Gasteiger partial charge on any atom is 0.264 e. The van der Waals surface area contributed by atoms with Crippen molar-refractivity contribution in [3.63, 3.8) is 0 Å². The van der Waals surface area contributed by atoms with Gasteiger partial charge in [-0.3, -0.25) is 34.3 Å². The summed E-state index contributed by atoms with van der Waals surface area (Å²) in [4.78, 5) is 70.4. The molecule has 4 amide bonds. The minimum absolute atomic E-state index is 0.0800. The summed E-state index contributed by atoms with van der Waals surface area (Å²) < 4.78 is 8.03. The van der Waals surface area contributed by atoms with Crippen molar-refractivity contribution in [2.24, 2.45) is 5.92 Å². The molecule has 63 heavy (non-hydrogen) atoms. The molecular formula is C48H44N10O5. The fourth-order valence-electron chi connectivity index (χ4n) is 9.13. The predicted octanol–water partition coefficient (Wildman–Crippen LogP) is 5.77. The Morgan fingerprint density at radius 2 is 1.56 bits per heavy atom. The molecule has 0 spiro atoms. The van der Waals surface area contributed by atoms with Gasteiger partial charge in [-0.05, 0) is 98.2 Å². The first kappa shape index (κ1) is 39.7. The predicted molar refractivity (Wildman–Crippen MR) is 234 cm³/mol. The van der Waals surface area contributed by atoms with E-state index in [2.05, 4.69) is 48.0 Å². The number of amides is 4. The maximum absolute atomic E-state index is 13.6. The van der Waals surface area contributed by atoms with E-state index in [0.29, 0.717) is 30.2 Å². The van der Waals surface area contributed by atoms with Gasteiger partial charge in [0.05, 0.1) is 28.2 Å². The Morgan fingerprint density at radius 3 is 2.30 bits per heavy atom. The third-order valence-electron chi connectivity index (χ3n) is 12.4. The van der Waals surface area contributed by atoms with Crippen LogP contribution in [0.5, 0.6) is 11.5 Å². The van der Waals surface area contributed by atoms with Crippen LogP contribution in [0, 0.1) is 17.8 Å². The molecule has 0 saturated carbocycles. The first-order valence-electron chi connectivity index (χ1n) is 21.4. The smallest absolute Gasteiger partial charge is 0.264 e. The van der Waals surface area contributed by atoms with E-state index in [9.17, 15) is 19.2 Å². The number of fused-ring (bicyclic) bond motifs is 2. The molecule has 3 aromatic heterocycles. The Balaban J connectivity index is 0.733. The second-order valence-electron chi connectivity index (χ2n) is 16.4. The molecule has 316 valence electrons. The lowest BCUT2D eigenvalue weighted by Gasteiger charge is -2.33. The Labute approximate surface area is 363 Å². The largest absolute Gasteiger partial charge is 0.457 e. The maximum atomic E-state index is 13.6. The molecule has 7 heterocycles. The van der Waals surface area contributed by atoms with Crippen molar-refractivity contribution < 1.29 is 23.9 Å². The van der Waals surface area contributed by atoms with Crippen LogP contribution in [0.1, 0.15) is 76.5 Å². The molecule has 6 aromatic rings. The molecule has 0 aliphatic carbocycles. The lowest BCUT2D eigenvalue weighted by Crippen LogP contribution is -2.54. The summed E-state index contributed by atoms with van der Waals surface area (Å²) in [6.07, 6.45) is 7.00. The number of anilines is 2. The number of nitrogen functional groups attached to an aromatic ring is 1. The van der Waals surface area contributed by atoms with E-state index in [1.807, 2.05) is 77.6 Å². The summed E-state index contributed by atoms with van der Waals surface area (Å²) in [7, 11) is 0. The molecule has 10 rings (SSSR count). The summed E-state index contributed by atoms with van der Waals surface area (Å²) in [6, 6.07) is 26.0. The number of rotatable bonds is 8. The van der Waals surface area contributed by atoms with Crippen LogP contribution in [-0.4, -0.2) is 90.4 Å². The van der Waals surface area contributed by atoms with E-state index in [1.165, 1.54) is 6.33 Å². The Kier molecular flexibility index (Phi) is 10.6. The SMILES string of the molecule is Nc1ncnc2c1c(-c1ccc(Oc3ccccc3)cc1)nn2C1CCN(Cc2ccc(C#CC3CCN(c4cccc5c4C(=O)N(C4CCC(=O)NC4=O)C5=O)CC3)nc2)CC1. The van der Waals surface area contributed by atoms with Crippen LogP contribution in [0.2, 0.25) is 0 Å². The lowest BCUT2D eigenvalue weighted by molar-refractivity contribution is -0.136. The van der Waals surface area contributed by atoms with Gasteiger partial charge in [0.1, 0.15) is 41.1 Å². The molecule has 3 fully saturated rings. The van der Waals surface area contributed by atoms with Crippen LogP contribution in [0.15, 0.2) is 97.5 Å². The minimum atomic E-state index is -0.996. The number of carbonyl (C=O) groups is 4. The van der Waals surface area contributed by atoms with Gasteiger partial charge < -0.3 is 15.4 Å². The first-order chi connectivity index (χ1) is 30.8. The van der Waals surface area contributed by atoms with Crippen LogP contribution in [0.25, 0.3) is 22.3 Å². The highest BCUT2D eigenvalue weighted by Crippen LogP contribution is 2.37. The molecule has 0 radical (unpaired) electrons. The van der Waals surface area contributed by atoms with Crippen LogP contribution in [0.3, 0.4) is 0 Å². The van der Waals surface area contributed by atoms with E-state index < -0.39 is 29.7 Å². The summed E-state index contributed by atoms with van der Waals surface area (Å²) >= 11 is 0. The highest BCUT2D eigenvalue weighted by Gasteiger charge is 2.46. The fourth-order valence-corrected chi connectivity index (χ4v) is 9.13. The summed E-state index contributed by atoms with van der Waals surface area (Å²) in [5.74, 6) is 6.75. The van der Waals surface area contributed by atoms with Crippen molar-refractivity contribution >= 4 is 46.2 Å². The zero-order valence-corrected chi connectivity index (χ0v) is 34.4. The monoisotopic (exact) mass is 840 g/mol. The van der Waals surface area contributed by atoms with Crippen LogP contribution >= 0.6 is 0 Å². The molecule has 4 aliphatic rings. The molecule has 15 heteroatoms. The van der Waals surface area contributed by atoms with Gasteiger partial charge in [-0.2, -0.15) is 5.10 Å². The molecule has 0 bridgehead atoms. The molecule has 1 atom stereocenters. The number of pyridine rings is 1. The summed E-state index contributed by atoms with van der Waals surface area (Å²) in [5.41, 5.74) is 12.0. The number of hydrogen-bond acceptors (Lipinski definition) is 12. The number of aromatic nitrogens is 5. The molecule has 3 N–H and O–H groups in total. The highest BCUT2D eigenvalue weighted by atomic mass is 16.5. The Bertz CT molecular complexity index is 2800. The van der Waals surface area contributed by atoms with Crippen molar-refractivity contribution in [1.82, 2.24) is 39.8 Å². The average molecular weight is 841 g/mol. The van der Waals surface area contributed by atoms with Crippen LogP contribution in [-0.2, 0) is 16.1 Å². The van der Waals surface area contributed by atoms with Gasteiger partial charge in [-0.15, -0.1) is 0 Å². The topological polar surface area (TPSA) is 182 Å². The molecular weight excluding hydrogens is 797 g/mol. The van der Waals surface area contributed by atoms with Gasteiger partial charge in [-0.1, -0.05) is 36.3 Å². The number of carbonyl (C=O) groups excluding carboxylic acids is 4. The normalized spacial score (nSPS) is 18.6. The molecule has 15 nitrogen and oxygen atoms in total. The summed E-state index contributed by atoms with van der Waals surface area (Å²) in [5, 5.41) is 8.10. The van der Waals surface area contributed by atoms with Crippen molar-refractivity contribution in [1.29, 1.82) is 0 Å². The Hall–Kier alpha value is -7.44. The van der Waals surface area contributed by atoms with Crippen molar-refractivity contribution in [3.05, 3.63) is 120 Å². The third kappa shape index (κ3) is 7.85. The fraction of sp³-hybridized carbons (Fsp3) is 0.292. The number of nitrogens with zero attached hydrogens (tertiary/aromatic N) is 8. The van der Waals surface area contributed by atoms with E-state index in [-0.39, 0.29) is 30.4 Å². The molecule has 3 aromatic carbocycles. The van der Waals surface area contributed by atoms with E-state index in [1.54, 1.807) is 12.1 Å². The molecule has 4 aliphatic heterocycles. The van der Waals surface area contributed by atoms with E-state index in [0.717, 1.165) is 95.3 Å². The zero-order valence-electron chi connectivity index (χ0n) is 34.4. The number of piperidine rings is 3. The third-order valence-corrected chi connectivity index (χ3v) is 12.4. The second-order valence-corrected chi connectivity index (χ2v) is 16.4. The molecule has 3 saturated heterocycles. The Morgan fingerprint density at radius 1 is 0.778 bits per heavy atom. The number of nitrogens with two attached hydrogens (primary N) is 1. The molecule has 1 unspecified atom stereocenters. The van der Waals surface area contributed by atoms with Crippen LogP contribution < -0.4 is 20.7 Å². The lowest BCUT2D eigenvalue weighted by atomic mass is 9.95. The van der Waals surface area contributed by atoms with Gasteiger partial charge in [0.25, 0.3) is 11.8 Å². The number of hydrogen-bond donors (Lipinski definition) is 2. The van der Waals surface area contributed by atoms with E-state index in [4.69, 9.17) is 15.6 Å².